The SMILES string of the molecule is Cc1ccc(-c2nc(Cn3cnc4ccccc4c3=O)no2)cc1F. The van der Waals surface area contributed by atoms with Gasteiger partial charge in [0, 0.05) is 5.56 Å². The molecule has 0 amide bonds. The molecule has 2 heterocycles. The van der Waals surface area contributed by atoms with Gasteiger partial charge in [-0.3, -0.25) is 9.36 Å². The average Bonchev–Trinajstić information content (AvgIpc) is 3.09. The minimum absolute atomic E-state index is 0.120. The maximum absolute atomic E-state index is 13.7. The second-order valence-corrected chi connectivity index (χ2v) is 5.67. The fourth-order valence-electron chi connectivity index (χ4n) is 2.53. The highest BCUT2D eigenvalue weighted by Crippen LogP contribution is 2.20. The van der Waals surface area contributed by atoms with Crippen LogP contribution in [0.25, 0.3) is 22.4 Å². The number of fused-ring (bicyclic) bond motifs is 1. The van der Waals surface area contributed by atoms with E-state index in [1.165, 1.54) is 17.0 Å². The van der Waals surface area contributed by atoms with Crippen molar-refractivity contribution in [2.24, 2.45) is 0 Å². The number of benzene rings is 2. The molecule has 0 aliphatic carbocycles. The lowest BCUT2D eigenvalue weighted by molar-refractivity contribution is 0.419. The molecule has 0 radical (unpaired) electrons. The summed E-state index contributed by atoms with van der Waals surface area (Å²) in [4.78, 5) is 21.0. The van der Waals surface area contributed by atoms with Gasteiger partial charge in [0.2, 0.25) is 0 Å². The molecule has 0 aliphatic heterocycles. The van der Waals surface area contributed by atoms with Gasteiger partial charge in [-0.05, 0) is 36.8 Å². The predicted octanol–water partition coefficient (Wildman–Crippen LogP) is 2.94. The molecule has 0 bridgehead atoms. The molecule has 0 spiro atoms. The molecule has 25 heavy (non-hydrogen) atoms. The second-order valence-electron chi connectivity index (χ2n) is 5.67. The standard InChI is InChI=1S/C18H13FN4O2/c1-11-6-7-12(8-14(11)19)17-21-16(22-25-17)9-23-10-20-15-5-3-2-4-13(15)18(23)24/h2-8,10H,9H2,1H3. The summed E-state index contributed by atoms with van der Waals surface area (Å²) < 4.78 is 20.3. The number of nitrogens with zero attached hydrogens (tertiary/aromatic N) is 4. The zero-order valence-electron chi connectivity index (χ0n) is 13.3. The topological polar surface area (TPSA) is 73.8 Å². The molecule has 124 valence electrons. The Bertz CT molecular complexity index is 1130. The highest BCUT2D eigenvalue weighted by molar-refractivity contribution is 5.76. The molecule has 2 aromatic heterocycles. The zero-order chi connectivity index (χ0) is 17.4. The molecule has 0 aliphatic rings. The Hall–Kier alpha value is -3.35. The number of aryl methyl sites for hydroxylation is 1. The van der Waals surface area contributed by atoms with Gasteiger partial charge in [0.1, 0.15) is 5.82 Å². The van der Waals surface area contributed by atoms with Crippen LogP contribution in [0.15, 0.2) is 58.1 Å². The quantitative estimate of drug-likeness (QED) is 0.575. The minimum atomic E-state index is -0.341. The van der Waals surface area contributed by atoms with Crippen LogP contribution in [0.3, 0.4) is 0 Å². The Balaban J connectivity index is 1.66. The maximum Gasteiger partial charge on any atom is 0.261 e. The van der Waals surface area contributed by atoms with Crippen LogP contribution in [0.1, 0.15) is 11.4 Å². The molecule has 0 N–H and O–H groups in total. The number of halogens is 1. The third kappa shape index (κ3) is 2.80. The highest BCUT2D eigenvalue weighted by atomic mass is 19.1. The lowest BCUT2D eigenvalue weighted by atomic mass is 10.1. The molecule has 0 fully saturated rings. The molecule has 0 saturated heterocycles. The van der Waals surface area contributed by atoms with E-state index in [4.69, 9.17) is 4.52 Å². The van der Waals surface area contributed by atoms with Gasteiger partial charge >= 0.3 is 0 Å². The number of rotatable bonds is 3. The third-order valence-corrected chi connectivity index (χ3v) is 3.93. The van der Waals surface area contributed by atoms with Crippen LogP contribution in [0, 0.1) is 12.7 Å². The van der Waals surface area contributed by atoms with Crippen molar-refractivity contribution in [3.8, 4) is 11.5 Å². The van der Waals surface area contributed by atoms with Gasteiger partial charge in [-0.1, -0.05) is 23.4 Å². The number of hydrogen-bond donors (Lipinski definition) is 0. The first-order chi connectivity index (χ1) is 12.1. The van der Waals surface area contributed by atoms with Gasteiger partial charge in [0.25, 0.3) is 11.4 Å². The molecular weight excluding hydrogens is 323 g/mol. The largest absolute Gasteiger partial charge is 0.334 e. The van der Waals surface area contributed by atoms with Crippen molar-refractivity contribution in [3.05, 3.63) is 76.4 Å². The summed E-state index contributed by atoms with van der Waals surface area (Å²) in [6.45, 7) is 1.80. The van der Waals surface area contributed by atoms with Crippen LogP contribution in [0.4, 0.5) is 4.39 Å². The normalized spacial score (nSPS) is 11.1. The summed E-state index contributed by atoms with van der Waals surface area (Å²) in [6, 6.07) is 11.8. The van der Waals surface area contributed by atoms with Gasteiger partial charge in [-0.2, -0.15) is 4.98 Å². The van der Waals surface area contributed by atoms with Gasteiger partial charge in [0.05, 0.1) is 23.8 Å². The van der Waals surface area contributed by atoms with E-state index in [1.807, 2.05) is 6.07 Å². The van der Waals surface area contributed by atoms with Crippen LogP contribution in [0.2, 0.25) is 0 Å². The molecule has 4 aromatic rings. The highest BCUT2D eigenvalue weighted by Gasteiger charge is 2.12. The van der Waals surface area contributed by atoms with Crippen LogP contribution in [0.5, 0.6) is 0 Å². The van der Waals surface area contributed by atoms with Crippen molar-refractivity contribution in [1.29, 1.82) is 0 Å². The first kappa shape index (κ1) is 15.2. The average molecular weight is 336 g/mol. The molecule has 0 unspecified atom stereocenters. The summed E-state index contributed by atoms with van der Waals surface area (Å²) in [6.07, 6.45) is 1.45. The van der Waals surface area contributed by atoms with E-state index >= 15 is 0 Å². The van der Waals surface area contributed by atoms with Crippen molar-refractivity contribution in [3.63, 3.8) is 0 Å². The number of aromatic nitrogens is 4. The molecule has 7 heteroatoms. The number of para-hydroxylation sites is 1. The molecule has 4 rings (SSSR count). The Morgan fingerprint density at radius 1 is 1.20 bits per heavy atom. The summed E-state index contributed by atoms with van der Waals surface area (Å²) in [5.41, 5.74) is 1.48. The lowest BCUT2D eigenvalue weighted by Crippen LogP contribution is -2.21. The molecule has 0 atom stereocenters. The monoisotopic (exact) mass is 336 g/mol. The Morgan fingerprint density at radius 2 is 2.04 bits per heavy atom. The van der Waals surface area contributed by atoms with E-state index in [0.717, 1.165) is 0 Å². The fourth-order valence-corrected chi connectivity index (χ4v) is 2.53. The first-order valence-corrected chi connectivity index (χ1v) is 7.65. The van der Waals surface area contributed by atoms with Gasteiger partial charge in [-0.25, -0.2) is 9.37 Å². The van der Waals surface area contributed by atoms with Gasteiger partial charge < -0.3 is 4.52 Å². The van der Waals surface area contributed by atoms with Crippen molar-refractivity contribution >= 4 is 10.9 Å². The molecule has 6 nitrogen and oxygen atoms in total. The van der Waals surface area contributed by atoms with Crippen molar-refractivity contribution in [2.75, 3.05) is 0 Å². The summed E-state index contributed by atoms with van der Waals surface area (Å²) in [7, 11) is 0. The van der Waals surface area contributed by atoms with Crippen LogP contribution < -0.4 is 5.56 Å². The van der Waals surface area contributed by atoms with Crippen LogP contribution >= 0.6 is 0 Å². The first-order valence-electron chi connectivity index (χ1n) is 7.65. The maximum atomic E-state index is 13.7. The summed E-state index contributed by atoms with van der Waals surface area (Å²) in [5, 5.41) is 4.39. The van der Waals surface area contributed by atoms with Crippen LogP contribution in [-0.4, -0.2) is 19.7 Å². The van der Waals surface area contributed by atoms with E-state index in [9.17, 15) is 9.18 Å². The van der Waals surface area contributed by atoms with Gasteiger partial charge in [0.15, 0.2) is 5.82 Å². The zero-order valence-corrected chi connectivity index (χ0v) is 13.3. The van der Waals surface area contributed by atoms with Crippen molar-refractivity contribution < 1.29 is 8.91 Å². The minimum Gasteiger partial charge on any atom is -0.334 e. The van der Waals surface area contributed by atoms with E-state index < -0.39 is 0 Å². The van der Waals surface area contributed by atoms with Crippen LogP contribution in [-0.2, 0) is 6.54 Å². The second kappa shape index (κ2) is 5.94. The summed E-state index contributed by atoms with van der Waals surface area (Å²) >= 11 is 0. The van der Waals surface area contributed by atoms with Crippen molar-refractivity contribution in [2.45, 2.75) is 13.5 Å². The summed E-state index contributed by atoms with van der Waals surface area (Å²) in [5.74, 6) is 0.179. The predicted molar refractivity (Wildman–Crippen MR) is 89.5 cm³/mol. The van der Waals surface area contributed by atoms with E-state index in [-0.39, 0.29) is 23.8 Å². The van der Waals surface area contributed by atoms with Gasteiger partial charge in [-0.15, -0.1) is 0 Å². The van der Waals surface area contributed by atoms with E-state index in [2.05, 4.69) is 15.1 Å². The molecule has 0 saturated carbocycles. The Morgan fingerprint density at radius 3 is 2.88 bits per heavy atom. The molecule has 2 aromatic carbocycles. The third-order valence-electron chi connectivity index (χ3n) is 3.93. The van der Waals surface area contributed by atoms with E-state index in [0.29, 0.717) is 27.9 Å². The Kier molecular flexibility index (Phi) is 3.61. The fraction of sp³-hybridized carbons (Fsp3) is 0.111. The number of hydrogen-bond acceptors (Lipinski definition) is 5. The molecular formula is C18H13FN4O2. The smallest absolute Gasteiger partial charge is 0.261 e. The Labute approximate surface area is 141 Å². The lowest BCUT2D eigenvalue weighted by Gasteiger charge is -2.03. The van der Waals surface area contributed by atoms with Crippen molar-refractivity contribution in [1.82, 2.24) is 19.7 Å². The van der Waals surface area contributed by atoms with E-state index in [1.54, 1.807) is 37.3 Å².